The zero-order valence-corrected chi connectivity index (χ0v) is 11.9. The van der Waals surface area contributed by atoms with E-state index in [0.29, 0.717) is 11.4 Å². The van der Waals surface area contributed by atoms with Gasteiger partial charge in [-0.1, -0.05) is 18.2 Å². The standard InChI is InChI=1S/C16H17FN2O2/c1-10-5-3-4-6-15(10)21-11(2)16(20)19-14-9-12(18)7-8-13(14)17/h3-9,11H,18H2,1-2H3,(H,19,20). The number of ether oxygens (including phenoxy) is 1. The summed E-state index contributed by atoms with van der Waals surface area (Å²) in [6, 6.07) is 11.4. The smallest absolute Gasteiger partial charge is 0.265 e. The zero-order chi connectivity index (χ0) is 15.4. The molecule has 0 heterocycles. The van der Waals surface area contributed by atoms with Crippen LogP contribution in [0.1, 0.15) is 12.5 Å². The molecular weight excluding hydrogens is 271 g/mol. The molecule has 0 spiro atoms. The summed E-state index contributed by atoms with van der Waals surface area (Å²) in [5, 5.41) is 2.47. The summed E-state index contributed by atoms with van der Waals surface area (Å²) < 4.78 is 19.2. The summed E-state index contributed by atoms with van der Waals surface area (Å²) in [4.78, 5) is 12.0. The van der Waals surface area contributed by atoms with Gasteiger partial charge in [0.15, 0.2) is 6.10 Å². The Labute approximate surface area is 122 Å². The highest BCUT2D eigenvalue weighted by Crippen LogP contribution is 2.20. The monoisotopic (exact) mass is 288 g/mol. The molecule has 0 radical (unpaired) electrons. The van der Waals surface area contributed by atoms with E-state index in [4.69, 9.17) is 10.5 Å². The van der Waals surface area contributed by atoms with Crippen LogP contribution in [0.4, 0.5) is 15.8 Å². The third kappa shape index (κ3) is 3.72. The quantitative estimate of drug-likeness (QED) is 0.850. The van der Waals surface area contributed by atoms with Gasteiger partial charge in [0.05, 0.1) is 5.69 Å². The predicted molar refractivity (Wildman–Crippen MR) is 80.7 cm³/mol. The third-order valence-electron chi connectivity index (χ3n) is 3.01. The van der Waals surface area contributed by atoms with E-state index in [0.717, 1.165) is 5.56 Å². The summed E-state index contributed by atoms with van der Waals surface area (Å²) in [5.74, 6) is -0.364. The Bertz CT molecular complexity index is 658. The highest BCUT2D eigenvalue weighted by atomic mass is 19.1. The van der Waals surface area contributed by atoms with E-state index in [9.17, 15) is 9.18 Å². The first kappa shape index (κ1) is 14.8. The van der Waals surface area contributed by atoms with E-state index in [1.54, 1.807) is 13.0 Å². The van der Waals surface area contributed by atoms with Crippen molar-refractivity contribution in [2.75, 3.05) is 11.1 Å². The van der Waals surface area contributed by atoms with Crippen LogP contribution in [0.3, 0.4) is 0 Å². The Morgan fingerprint density at radius 1 is 1.29 bits per heavy atom. The van der Waals surface area contributed by atoms with E-state index in [2.05, 4.69) is 5.32 Å². The molecule has 2 rings (SSSR count). The van der Waals surface area contributed by atoms with E-state index >= 15 is 0 Å². The molecule has 21 heavy (non-hydrogen) atoms. The Hall–Kier alpha value is -2.56. The summed E-state index contributed by atoms with van der Waals surface area (Å²) >= 11 is 0. The van der Waals surface area contributed by atoms with Crippen LogP contribution in [0.2, 0.25) is 0 Å². The number of nitrogens with one attached hydrogen (secondary N) is 1. The highest BCUT2D eigenvalue weighted by molar-refractivity contribution is 5.94. The van der Waals surface area contributed by atoms with Gasteiger partial charge in [0.2, 0.25) is 0 Å². The van der Waals surface area contributed by atoms with Crippen molar-refractivity contribution in [1.82, 2.24) is 0 Å². The number of rotatable bonds is 4. The lowest BCUT2D eigenvalue weighted by atomic mass is 10.2. The van der Waals surface area contributed by atoms with Crippen molar-refractivity contribution < 1.29 is 13.9 Å². The van der Waals surface area contributed by atoms with Crippen LogP contribution in [0.5, 0.6) is 5.75 Å². The van der Waals surface area contributed by atoms with Gasteiger partial charge in [0, 0.05) is 5.69 Å². The molecular formula is C16H17FN2O2. The molecule has 2 aromatic rings. The molecule has 2 aromatic carbocycles. The largest absolute Gasteiger partial charge is 0.481 e. The minimum Gasteiger partial charge on any atom is -0.481 e. The molecule has 1 atom stereocenters. The molecule has 0 aromatic heterocycles. The zero-order valence-electron chi connectivity index (χ0n) is 11.9. The minimum absolute atomic E-state index is 0.0419. The first-order valence-electron chi connectivity index (χ1n) is 6.55. The molecule has 110 valence electrons. The maximum absolute atomic E-state index is 13.6. The fraction of sp³-hybridized carbons (Fsp3) is 0.188. The van der Waals surface area contributed by atoms with E-state index < -0.39 is 17.8 Å². The third-order valence-corrected chi connectivity index (χ3v) is 3.01. The number of nitrogen functional groups attached to an aromatic ring is 1. The molecule has 5 heteroatoms. The van der Waals surface area contributed by atoms with Gasteiger partial charge >= 0.3 is 0 Å². The summed E-state index contributed by atoms with van der Waals surface area (Å²) in [6.07, 6.45) is -0.757. The Morgan fingerprint density at radius 3 is 2.71 bits per heavy atom. The number of para-hydroxylation sites is 1. The van der Waals surface area contributed by atoms with Crippen molar-refractivity contribution in [3.05, 3.63) is 53.8 Å². The fourth-order valence-electron chi connectivity index (χ4n) is 1.81. The number of hydrogen-bond acceptors (Lipinski definition) is 3. The minimum atomic E-state index is -0.757. The lowest BCUT2D eigenvalue weighted by Gasteiger charge is -2.16. The Balaban J connectivity index is 2.06. The van der Waals surface area contributed by atoms with Crippen LogP contribution >= 0.6 is 0 Å². The number of nitrogens with two attached hydrogens (primary N) is 1. The van der Waals surface area contributed by atoms with E-state index in [1.165, 1.54) is 18.2 Å². The number of carbonyl (C=O) groups excluding carboxylic acids is 1. The highest BCUT2D eigenvalue weighted by Gasteiger charge is 2.17. The van der Waals surface area contributed by atoms with Crippen LogP contribution in [-0.2, 0) is 4.79 Å². The van der Waals surface area contributed by atoms with Gasteiger partial charge in [-0.05, 0) is 43.7 Å². The molecule has 0 aliphatic carbocycles. The van der Waals surface area contributed by atoms with Crippen molar-refractivity contribution in [2.24, 2.45) is 0 Å². The van der Waals surface area contributed by atoms with Crippen molar-refractivity contribution in [1.29, 1.82) is 0 Å². The van der Waals surface area contributed by atoms with Gasteiger partial charge in [-0.2, -0.15) is 0 Å². The molecule has 0 aliphatic rings. The number of amides is 1. The molecule has 0 aliphatic heterocycles. The van der Waals surface area contributed by atoms with Crippen LogP contribution in [-0.4, -0.2) is 12.0 Å². The average molecular weight is 288 g/mol. The first-order chi connectivity index (χ1) is 9.97. The molecule has 0 saturated carbocycles. The Kier molecular flexibility index (Phi) is 4.42. The van der Waals surface area contributed by atoms with Gasteiger partial charge in [-0.25, -0.2) is 4.39 Å². The van der Waals surface area contributed by atoms with Gasteiger partial charge in [-0.3, -0.25) is 4.79 Å². The number of aryl methyl sites for hydroxylation is 1. The second-order valence-electron chi connectivity index (χ2n) is 4.75. The number of hydrogen-bond donors (Lipinski definition) is 2. The van der Waals surface area contributed by atoms with Crippen molar-refractivity contribution in [2.45, 2.75) is 20.0 Å². The van der Waals surface area contributed by atoms with E-state index in [-0.39, 0.29) is 5.69 Å². The molecule has 0 bridgehead atoms. The number of carbonyl (C=O) groups is 1. The van der Waals surface area contributed by atoms with E-state index in [1.807, 2.05) is 25.1 Å². The van der Waals surface area contributed by atoms with Crippen LogP contribution < -0.4 is 15.8 Å². The molecule has 1 amide bonds. The SMILES string of the molecule is Cc1ccccc1OC(C)C(=O)Nc1cc(N)ccc1F. The molecule has 3 N–H and O–H groups in total. The number of benzene rings is 2. The van der Waals surface area contributed by atoms with Crippen LogP contribution in [0.25, 0.3) is 0 Å². The van der Waals surface area contributed by atoms with Gasteiger partial charge in [-0.15, -0.1) is 0 Å². The van der Waals surface area contributed by atoms with Crippen molar-refractivity contribution in [3.63, 3.8) is 0 Å². The van der Waals surface area contributed by atoms with Gasteiger partial charge in [0.25, 0.3) is 5.91 Å². The normalized spacial score (nSPS) is 11.8. The number of halogens is 1. The molecule has 0 fully saturated rings. The summed E-state index contributed by atoms with van der Waals surface area (Å²) in [5.41, 5.74) is 6.91. The summed E-state index contributed by atoms with van der Waals surface area (Å²) in [7, 11) is 0. The van der Waals surface area contributed by atoms with Crippen molar-refractivity contribution in [3.8, 4) is 5.75 Å². The maximum Gasteiger partial charge on any atom is 0.265 e. The van der Waals surface area contributed by atoms with Crippen LogP contribution in [0, 0.1) is 12.7 Å². The first-order valence-corrected chi connectivity index (χ1v) is 6.55. The molecule has 4 nitrogen and oxygen atoms in total. The van der Waals surface area contributed by atoms with Gasteiger partial charge < -0.3 is 15.8 Å². The topological polar surface area (TPSA) is 64.3 Å². The predicted octanol–water partition coefficient (Wildman–Crippen LogP) is 3.12. The summed E-state index contributed by atoms with van der Waals surface area (Å²) in [6.45, 7) is 3.49. The van der Waals surface area contributed by atoms with Gasteiger partial charge in [0.1, 0.15) is 11.6 Å². The average Bonchev–Trinajstić information content (AvgIpc) is 2.45. The Morgan fingerprint density at radius 2 is 2.00 bits per heavy atom. The van der Waals surface area contributed by atoms with Crippen LogP contribution in [0.15, 0.2) is 42.5 Å². The second kappa shape index (κ2) is 6.26. The fourth-order valence-corrected chi connectivity index (χ4v) is 1.81. The molecule has 0 saturated heterocycles. The lowest BCUT2D eigenvalue weighted by molar-refractivity contribution is -0.122. The maximum atomic E-state index is 13.6. The van der Waals surface area contributed by atoms with Crippen molar-refractivity contribution >= 4 is 17.3 Å². The lowest BCUT2D eigenvalue weighted by Crippen LogP contribution is -2.30. The second-order valence-corrected chi connectivity index (χ2v) is 4.75. The number of anilines is 2. The molecule has 1 unspecified atom stereocenters.